The van der Waals surface area contributed by atoms with E-state index in [1.54, 1.807) is 18.4 Å². The van der Waals surface area contributed by atoms with Gasteiger partial charge in [0.1, 0.15) is 12.4 Å². The lowest BCUT2D eigenvalue weighted by molar-refractivity contribution is -0.136. The Morgan fingerprint density at radius 1 is 1.50 bits per heavy atom. The van der Waals surface area contributed by atoms with Gasteiger partial charge in [0.15, 0.2) is 0 Å². The van der Waals surface area contributed by atoms with Gasteiger partial charge in [-0.1, -0.05) is 0 Å². The van der Waals surface area contributed by atoms with Crippen LogP contribution in [0.3, 0.4) is 0 Å². The van der Waals surface area contributed by atoms with E-state index in [1.807, 2.05) is 22.8 Å². The van der Waals surface area contributed by atoms with Crippen LogP contribution in [0.5, 0.6) is 0 Å². The molecule has 1 aliphatic rings. The summed E-state index contributed by atoms with van der Waals surface area (Å²) in [6, 6.07) is 0. The van der Waals surface area contributed by atoms with E-state index in [0.717, 1.165) is 44.0 Å². The molecule has 0 aliphatic carbocycles. The van der Waals surface area contributed by atoms with Crippen LogP contribution in [0.1, 0.15) is 30.3 Å². The summed E-state index contributed by atoms with van der Waals surface area (Å²) in [4.78, 5) is 22.8. The van der Waals surface area contributed by atoms with Crippen LogP contribution >= 0.6 is 11.3 Å². The average molecular weight is 320 g/mol. The third-order valence-electron chi connectivity index (χ3n) is 3.97. The Hall–Kier alpha value is -1.73. The molecule has 2 aromatic rings. The number of nitrogens with zero attached hydrogens (tertiary/aromatic N) is 4. The number of piperidine rings is 1. The topological polar surface area (TPSA) is 60.2 Å². The van der Waals surface area contributed by atoms with Crippen LogP contribution in [0.15, 0.2) is 23.3 Å². The molecule has 118 valence electrons. The Bertz CT molecular complexity index is 611. The number of rotatable bonds is 5. The molecule has 0 radical (unpaired) electrons. The molecule has 3 heterocycles. The van der Waals surface area contributed by atoms with E-state index in [4.69, 9.17) is 4.74 Å². The SMILES string of the molecule is COCC(=O)N1CCC[C@H](c2nccn2Cc2cscn2)C1. The number of thiazole rings is 1. The van der Waals surface area contributed by atoms with Crippen molar-refractivity contribution < 1.29 is 9.53 Å². The van der Waals surface area contributed by atoms with Crippen LogP contribution in [0.25, 0.3) is 0 Å². The van der Waals surface area contributed by atoms with E-state index in [2.05, 4.69) is 19.9 Å². The standard InChI is InChI=1S/C15H20N4O2S/c1-21-9-14(20)18-5-2-3-12(7-18)15-16-4-6-19(15)8-13-10-22-11-17-13/h4,6,10-12H,2-3,5,7-9H2,1H3/t12-/m0/s1. The summed E-state index contributed by atoms with van der Waals surface area (Å²) in [5, 5.41) is 2.05. The molecular weight excluding hydrogens is 300 g/mol. The van der Waals surface area contributed by atoms with E-state index >= 15 is 0 Å². The molecule has 22 heavy (non-hydrogen) atoms. The normalized spacial score (nSPS) is 18.6. The number of aromatic nitrogens is 3. The van der Waals surface area contributed by atoms with E-state index in [-0.39, 0.29) is 18.4 Å². The third-order valence-corrected chi connectivity index (χ3v) is 4.61. The average Bonchev–Trinajstić information content (AvgIpc) is 3.20. The maximum Gasteiger partial charge on any atom is 0.248 e. The molecule has 1 saturated heterocycles. The quantitative estimate of drug-likeness (QED) is 0.842. The van der Waals surface area contributed by atoms with Gasteiger partial charge in [-0.25, -0.2) is 9.97 Å². The first-order chi connectivity index (χ1) is 10.8. The monoisotopic (exact) mass is 320 g/mol. The molecule has 0 N–H and O–H groups in total. The van der Waals surface area contributed by atoms with Crippen molar-refractivity contribution >= 4 is 17.2 Å². The zero-order valence-electron chi connectivity index (χ0n) is 12.6. The fourth-order valence-electron chi connectivity index (χ4n) is 2.93. The van der Waals surface area contributed by atoms with Gasteiger partial charge in [0.25, 0.3) is 0 Å². The van der Waals surface area contributed by atoms with Crippen molar-refractivity contribution in [3.63, 3.8) is 0 Å². The van der Waals surface area contributed by atoms with E-state index < -0.39 is 0 Å². The molecule has 0 saturated carbocycles. The van der Waals surface area contributed by atoms with Crippen molar-refractivity contribution in [3.05, 3.63) is 34.8 Å². The van der Waals surface area contributed by atoms with Crippen LogP contribution in [-0.4, -0.2) is 52.1 Å². The van der Waals surface area contributed by atoms with E-state index in [0.29, 0.717) is 0 Å². The molecule has 0 bridgehead atoms. The Morgan fingerprint density at radius 3 is 3.18 bits per heavy atom. The van der Waals surface area contributed by atoms with Crippen molar-refractivity contribution in [3.8, 4) is 0 Å². The molecule has 0 unspecified atom stereocenters. The largest absolute Gasteiger partial charge is 0.375 e. The summed E-state index contributed by atoms with van der Waals surface area (Å²) in [5.41, 5.74) is 2.89. The highest BCUT2D eigenvalue weighted by atomic mass is 32.1. The minimum absolute atomic E-state index is 0.0600. The smallest absolute Gasteiger partial charge is 0.248 e. The number of hydrogen-bond acceptors (Lipinski definition) is 5. The molecule has 1 aliphatic heterocycles. The van der Waals surface area contributed by atoms with Gasteiger partial charge < -0.3 is 14.2 Å². The maximum atomic E-state index is 12.0. The van der Waals surface area contributed by atoms with Crippen LogP contribution < -0.4 is 0 Å². The number of carbonyl (C=O) groups is 1. The van der Waals surface area contributed by atoms with Crippen LogP contribution in [-0.2, 0) is 16.1 Å². The lowest BCUT2D eigenvalue weighted by Crippen LogP contribution is -2.41. The minimum atomic E-state index is 0.0600. The molecule has 0 spiro atoms. The number of ether oxygens (including phenoxy) is 1. The van der Waals surface area contributed by atoms with Gasteiger partial charge in [0, 0.05) is 43.9 Å². The Labute approximate surface area is 133 Å². The molecule has 1 fully saturated rings. The Morgan fingerprint density at radius 2 is 2.41 bits per heavy atom. The summed E-state index contributed by atoms with van der Waals surface area (Å²) >= 11 is 1.60. The molecule has 1 atom stereocenters. The fourth-order valence-corrected chi connectivity index (χ4v) is 3.48. The summed E-state index contributed by atoms with van der Waals surface area (Å²) in [7, 11) is 1.56. The van der Waals surface area contributed by atoms with E-state index in [1.165, 1.54) is 0 Å². The van der Waals surface area contributed by atoms with Crippen LogP contribution in [0.2, 0.25) is 0 Å². The summed E-state index contributed by atoms with van der Waals surface area (Å²) in [5.74, 6) is 1.39. The first-order valence-corrected chi connectivity index (χ1v) is 8.37. The third kappa shape index (κ3) is 3.36. The zero-order chi connectivity index (χ0) is 15.4. The minimum Gasteiger partial charge on any atom is -0.375 e. The highest BCUT2D eigenvalue weighted by molar-refractivity contribution is 7.07. The first kappa shape index (κ1) is 15.2. The second kappa shape index (κ2) is 7.02. The molecule has 6 nitrogen and oxygen atoms in total. The Balaban J connectivity index is 1.71. The maximum absolute atomic E-state index is 12.0. The number of imidazole rings is 1. The van der Waals surface area contributed by atoms with Crippen LogP contribution in [0.4, 0.5) is 0 Å². The summed E-state index contributed by atoms with van der Waals surface area (Å²) in [6.07, 6.45) is 5.89. The van der Waals surface area contributed by atoms with Gasteiger partial charge >= 0.3 is 0 Å². The molecular formula is C15H20N4O2S. The fraction of sp³-hybridized carbons (Fsp3) is 0.533. The number of hydrogen-bond donors (Lipinski definition) is 0. The molecule has 2 aromatic heterocycles. The molecule has 0 aromatic carbocycles. The van der Waals surface area contributed by atoms with Gasteiger partial charge in [-0.2, -0.15) is 0 Å². The summed E-state index contributed by atoms with van der Waals surface area (Å²) < 4.78 is 7.10. The van der Waals surface area contributed by atoms with Gasteiger partial charge in [-0.05, 0) is 12.8 Å². The van der Waals surface area contributed by atoms with Gasteiger partial charge in [0.2, 0.25) is 5.91 Å². The Kier molecular flexibility index (Phi) is 4.84. The highest BCUT2D eigenvalue weighted by Gasteiger charge is 2.27. The summed E-state index contributed by atoms with van der Waals surface area (Å²) in [6.45, 7) is 2.42. The second-order valence-electron chi connectivity index (χ2n) is 5.51. The number of amides is 1. The first-order valence-electron chi connectivity index (χ1n) is 7.42. The second-order valence-corrected chi connectivity index (χ2v) is 6.22. The lowest BCUT2D eigenvalue weighted by Gasteiger charge is -2.32. The van der Waals surface area contributed by atoms with Crippen molar-refractivity contribution in [2.45, 2.75) is 25.3 Å². The van der Waals surface area contributed by atoms with Gasteiger partial charge in [0.05, 0.1) is 17.7 Å². The highest BCUT2D eigenvalue weighted by Crippen LogP contribution is 2.26. The van der Waals surface area contributed by atoms with Crippen molar-refractivity contribution in [2.75, 3.05) is 26.8 Å². The van der Waals surface area contributed by atoms with Crippen molar-refractivity contribution in [1.82, 2.24) is 19.4 Å². The van der Waals surface area contributed by atoms with Crippen LogP contribution in [0, 0.1) is 0 Å². The zero-order valence-corrected chi connectivity index (χ0v) is 13.5. The van der Waals surface area contributed by atoms with E-state index in [9.17, 15) is 4.79 Å². The number of methoxy groups -OCH3 is 1. The number of likely N-dealkylation sites (tertiary alicyclic amines) is 1. The predicted molar refractivity (Wildman–Crippen MR) is 83.9 cm³/mol. The predicted octanol–water partition coefficient (Wildman–Crippen LogP) is 1.74. The molecule has 1 amide bonds. The number of carbonyl (C=O) groups excluding carboxylic acids is 1. The molecule has 7 heteroatoms. The van der Waals surface area contributed by atoms with Gasteiger partial charge in [-0.15, -0.1) is 11.3 Å². The van der Waals surface area contributed by atoms with Crippen molar-refractivity contribution in [1.29, 1.82) is 0 Å². The molecule has 3 rings (SSSR count). The van der Waals surface area contributed by atoms with Crippen molar-refractivity contribution in [2.24, 2.45) is 0 Å². The van der Waals surface area contributed by atoms with Gasteiger partial charge in [-0.3, -0.25) is 4.79 Å². The lowest BCUT2D eigenvalue weighted by atomic mass is 9.97.